The highest BCUT2D eigenvalue weighted by molar-refractivity contribution is 6.05. The summed E-state index contributed by atoms with van der Waals surface area (Å²) >= 11 is 0. The van der Waals surface area contributed by atoms with Gasteiger partial charge >= 0.3 is 5.97 Å². The minimum atomic E-state index is -0.688. The van der Waals surface area contributed by atoms with E-state index in [0.29, 0.717) is 17.2 Å². The number of esters is 1. The van der Waals surface area contributed by atoms with Crippen LogP contribution >= 0.6 is 0 Å². The molecule has 0 aliphatic carbocycles. The predicted molar refractivity (Wildman–Crippen MR) is 94.1 cm³/mol. The third-order valence-electron chi connectivity index (χ3n) is 3.63. The molecule has 1 amide bonds. The topological polar surface area (TPSA) is 100 Å². The van der Waals surface area contributed by atoms with Crippen molar-refractivity contribution in [1.82, 2.24) is 0 Å². The van der Waals surface area contributed by atoms with E-state index in [4.69, 9.17) is 18.9 Å². The van der Waals surface area contributed by atoms with E-state index in [1.54, 1.807) is 24.3 Å². The minimum Gasteiger partial charge on any atom is -0.482 e. The van der Waals surface area contributed by atoms with Crippen molar-refractivity contribution in [3.05, 3.63) is 48.0 Å². The number of carbonyl (C=O) groups is 3. The number of amides is 1. The Labute approximate surface area is 155 Å². The first-order valence-electron chi connectivity index (χ1n) is 8.11. The molecular formula is C19H17NO7. The highest BCUT2D eigenvalue weighted by Crippen LogP contribution is 2.37. The standard InChI is InChI=1S/C19H17NO7/c1-12(21)14-7-16-17(27-11-26-16)8-15(14)20-18(22)9-25-19(23)10-24-13-5-3-2-4-6-13/h2-8H,9-11H2,1H3,(H,20,22). The third-order valence-corrected chi connectivity index (χ3v) is 3.63. The summed E-state index contributed by atoms with van der Waals surface area (Å²) in [5, 5.41) is 2.54. The summed E-state index contributed by atoms with van der Waals surface area (Å²) in [5.74, 6) is -0.163. The molecule has 0 saturated carbocycles. The molecule has 0 atom stereocenters. The average Bonchev–Trinajstić information content (AvgIpc) is 3.12. The van der Waals surface area contributed by atoms with Crippen molar-refractivity contribution < 1.29 is 33.3 Å². The maximum Gasteiger partial charge on any atom is 0.344 e. The molecule has 140 valence electrons. The van der Waals surface area contributed by atoms with Crippen LogP contribution in [-0.4, -0.2) is 37.7 Å². The number of rotatable bonds is 7. The number of para-hydroxylation sites is 1. The Morgan fingerprint density at radius 1 is 1.04 bits per heavy atom. The monoisotopic (exact) mass is 371 g/mol. The summed E-state index contributed by atoms with van der Waals surface area (Å²) in [4.78, 5) is 35.5. The van der Waals surface area contributed by atoms with Crippen LogP contribution in [0.25, 0.3) is 0 Å². The number of benzene rings is 2. The van der Waals surface area contributed by atoms with Gasteiger partial charge in [-0.05, 0) is 25.1 Å². The first kappa shape index (κ1) is 18.2. The summed E-state index contributed by atoms with van der Waals surface area (Å²) in [7, 11) is 0. The molecule has 1 N–H and O–H groups in total. The number of fused-ring (bicyclic) bond motifs is 1. The van der Waals surface area contributed by atoms with Gasteiger partial charge in [0.05, 0.1) is 5.69 Å². The summed E-state index contributed by atoms with van der Waals surface area (Å²) in [6.07, 6.45) is 0. The number of ether oxygens (including phenoxy) is 4. The van der Waals surface area contributed by atoms with E-state index in [2.05, 4.69) is 5.32 Å². The van der Waals surface area contributed by atoms with Gasteiger partial charge in [0.25, 0.3) is 5.91 Å². The number of hydrogen-bond donors (Lipinski definition) is 1. The number of carbonyl (C=O) groups excluding carboxylic acids is 3. The SMILES string of the molecule is CC(=O)c1cc2c(cc1NC(=O)COC(=O)COc1ccccc1)OCO2. The van der Waals surface area contributed by atoms with Crippen molar-refractivity contribution >= 4 is 23.3 Å². The second-order valence-corrected chi connectivity index (χ2v) is 5.62. The molecule has 0 bridgehead atoms. The lowest BCUT2D eigenvalue weighted by Gasteiger charge is -2.11. The molecule has 0 fully saturated rings. The van der Waals surface area contributed by atoms with Crippen LogP contribution < -0.4 is 19.5 Å². The Morgan fingerprint density at radius 3 is 2.44 bits per heavy atom. The van der Waals surface area contributed by atoms with Gasteiger partial charge in [0, 0.05) is 11.6 Å². The highest BCUT2D eigenvalue weighted by atomic mass is 16.7. The van der Waals surface area contributed by atoms with Gasteiger partial charge in [-0.2, -0.15) is 0 Å². The maximum absolute atomic E-state index is 12.1. The van der Waals surface area contributed by atoms with Gasteiger partial charge in [0.2, 0.25) is 6.79 Å². The number of Topliss-reactive ketones (excluding diaryl/α,β-unsaturated/α-hetero) is 1. The Balaban J connectivity index is 1.53. The van der Waals surface area contributed by atoms with Crippen LogP contribution in [0.1, 0.15) is 17.3 Å². The van der Waals surface area contributed by atoms with Crippen molar-refractivity contribution in [2.75, 3.05) is 25.3 Å². The molecule has 1 heterocycles. The van der Waals surface area contributed by atoms with E-state index in [-0.39, 0.29) is 30.4 Å². The molecule has 0 aromatic heterocycles. The molecule has 0 radical (unpaired) electrons. The van der Waals surface area contributed by atoms with Crippen molar-refractivity contribution in [2.24, 2.45) is 0 Å². The lowest BCUT2D eigenvalue weighted by molar-refractivity contribution is -0.149. The Kier molecular flexibility index (Phi) is 5.55. The van der Waals surface area contributed by atoms with Crippen molar-refractivity contribution in [1.29, 1.82) is 0 Å². The van der Waals surface area contributed by atoms with Gasteiger partial charge in [0.15, 0.2) is 30.5 Å². The third kappa shape index (κ3) is 4.75. The van der Waals surface area contributed by atoms with Crippen LogP contribution in [0.2, 0.25) is 0 Å². The highest BCUT2D eigenvalue weighted by Gasteiger charge is 2.20. The van der Waals surface area contributed by atoms with Crippen molar-refractivity contribution in [3.8, 4) is 17.2 Å². The van der Waals surface area contributed by atoms with E-state index in [9.17, 15) is 14.4 Å². The Hall–Kier alpha value is -3.55. The predicted octanol–water partition coefficient (Wildman–Crippen LogP) is 2.18. The molecule has 1 aliphatic rings. The molecule has 8 nitrogen and oxygen atoms in total. The molecular weight excluding hydrogens is 354 g/mol. The van der Waals surface area contributed by atoms with Gasteiger partial charge in [0.1, 0.15) is 5.75 Å². The summed E-state index contributed by atoms with van der Waals surface area (Å²) in [6, 6.07) is 11.8. The zero-order valence-corrected chi connectivity index (χ0v) is 14.5. The fourth-order valence-electron chi connectivity index (χ4n) is 2.37. The largest absolute Gasteiger partial charge is 0.482 e. The van der Waals surface area contributed by atoms with Crippen LogP contribution in [0.15, 0.2) is 42.5 Å². The molecule has 2 aromatic rings. The van der Waals surface area contributed by atoms with E-state index in [1.165, 1.54) is 19.1 Å². The van der Waals surface area contributed by atoms with Gasteiger partial charge < -0.3 is 24.3 Å². The van der Waals surface area contributed by atoms with E-state index >= 15 is 0 Å². The molecule has 2 aromatic carbocycles. The van der Waals surface area contributed by atoms with Crippen molar-refractivity contribution in [2.45, 2.75) is 6.92 Å². The fourth-order valence-corrected chi connectivity index (χ4v) is 2.37. The normalized spacial score (nSPS) is 11.6. The second kappa shape index (κ2) is 8.22. The molecule has 0 spiro atoms. The number of anilines is 1. The Morgan fingerprint density at radius 2 is 1.74 bits per heavy atom. The lowest BCUT2D eigenvalue weighted by Crippen LogP contribution is -2.24. The van der Waals surface area contributed by atoms with Gasteiger partial charge in [-0.15, -0.1) is 0 Å². The quantitative estimate of drug-likeness (QED) is 0.588. The van der Waals surface area contributed by atoms with E-state index in [0.717, 1.165) is 0 Å². The van der Waals surface area contributed by atoms with Gasteiger partial charge in [-0.3, -0.25) is 9.59 Å². The summed E-state index contributed by atoms with van der Waals surface area (Å²) < 4.78 is 20.6. The van der Waals surface area contributed by atoms with Crippen LogP contribution in [0, 0.1) is 0 Å². The second-order valence-electron chi connectivity index (χ2n) is 5.62. The fraction of sp³-hybridized carbons (Fsp3) is 0.211. The van der Waals surface area contributed by atoms with Crippen LogP contribution in [0.3, 0.4) is 0 Å². The van der Waals surface area contributed by atoms with Gasteiger partial charge in [-0.25, -0.2) is 4.79 Å². The molecule has 1 aliphatic heterocycles. The Bertz CT molecular complexity index is 864. The smallest absolute Gasteiger partial charge is 0.344 e. The summed E-state index contributed by atoms with van der Waals surface area (Å²) in [5.41, 5.74) is 0.527. The first-order chi connectivity index (χ1) is 13.0. The molecule has 8 heteroatoms. The molecule has 0 unspecified atom stereocenters. The van der Waals surface area contributed by atoms with Crippen molar-refractivity contribution in [3.63, 3.8) is 0 Å². The lowest BCUT2D eigenvalue weighted by atomic mass is 10.1. The zero-order valence-electron chi connectivity index (χ0n) is 14.5. The average molecular weight is 371 g/mol. The molecule has 0 saturated heterocycles. The number of hydrogen-bond acceptors (Lipinski definition) is 7. The zero-order chi connectivity index (χ0) is 19.2. The maximum atomic E-state index is 12.1. The molecule has 3 rings (SSSR count). The number of nitrogens with one attached hydrogen (secondary N) is 1. The van der Waals surface area contributed by atoms with Crippen LogP contribution in [0.5, 0.6) is 17.2 Å². The van der Waals surface area contributed by atoms with E-state index in [1.807, 2.05) is 6.07 Å². The van der Waals surface area contributed by atoms with Crippen LogP contribution in [0.4, 0.5) is 5.69 Å². The molecule has 27 heavy (non-hydrogen) atoms. The van der Waals surface area contributed by atoms with Gasteiger partial charge in [-0.1, -0.05) is 18.2 Å². The summed E-state index contributed by atoms with van der Waals surface area (Å²) in [6.45, 7) is 0.583. The number of ketones is 1. The van der Waals surface area contributed by atoms with E-state index < -0.39 is 18.5 Å². The first-order valence-corrected chi connectivity index (χ1v) is 8.11. The minimum absolute atomic E-state index is 0.0447. The van der Waals surface area contributed by atoms with Crippen LogP contribution in [-0.2, 0) is 14.3 Å².